The number of rotatable bonds is 10. The molecule has 0 radical (unpaired) electrons. The molecule has 0 saturated carbocycles. The molecule has 35 heavy (non-hydrogen) atoms. The number of para-hydroxylation sites is 1. The molecule has 0 spiro atoms. The van der Waals surface area contributed by atoms with Gasteiger partial charge in [0, 0.05) is 12.1 Å². The minimum atomic E-state index is -0.829. The lowest BCUT2D eigenvalue weighted by Gasteiger charge is -2.33. The highest BCUT2D eigenvalue weighted by molar-refractivity contribution is 5.74. The SMILES string of the molecule is COc1cc(C(c2cccc(OC)c2OC)N2CCCC2C(=O)O)ccc1OCc1ccccc1. The highest BCUT2D eigenvalue weighted by Gasteiger charge is 2.38. The summed E-state index contributed by atoms with van der Waals surface area (Å²) in [5.74, 6) is 1.54. The third kappa shape index (κ3) is 5.20. The van der Waals surface area contributed by atoms with E-state index in [2.05, 4.69) is 0 Å². The van der Waals surface area contributed by atoms with Crippen molar-refractivity contribution in [3.8, 4) is 23.0 Å². The monoisotopic (exact) mass is 477 g/mol. The Morgan fingerprint density at radius 3 is 2.40 bits per heavy atom. The number of carboxylic acids is 1. The van der Waals surface area contributed by atoms with Crippen LogP contribution in [0.25, 0.3) is 0 Å². The summed E-state index contributed by atoms with van der Waals surface area (Å²) < 4.78 is 23.0. The van der Waals surface area contributed by atoms with Crippen LogP contribution in [0.4, 0.5) is 0 Å². The summed E-state index contributed by atoms with van der Waals surface area (Å²) in [6, 6.07) is 20.4. The smallest absolute Gasteiger partial charge is 0.320 e. The second-order valence-electron chi connectivity index (χ2n) is 8.40. The lowest BCUT2D eigenvalue weighted by molar-refractivity contribution is -0.142. The summed E-state index contributed by atoms with van der Waals surface area (Å²) >= 11 is 0. The maximum absolute atomic E-state index is 12.1. The Labute approximate surface area is 205 Å². The molecule has 1 aliphatic heterocycles. The van der Waals surface area contributed by atoms with Gasteiger partial charge in [0.1, 0.15) is 12.6 Å². The molecule has 1 saturated heterocycles. The van der Waals surface area contributed by atoms with E-state index in [0.717, 1.165) is 23.1 Å². The quantitative estimate of drug-likeness (QED) is 0.444. The molecule has 7 heteroatoms. The van der Waals surface area contributed by atoms with Gasteiger partial charge in [0.15, 0.2) is 23.0 Å². The molecule has 0 amide bonds. The molecule has 1 aliphatic rings. The number of hydrogen-bond acceptors (Lipinski definition) is 6. The average molecular weight is 478 g/mol. The van der Waals surface area contributed by atoms with Gasteiger partial charge in [0.2, 0.25) is 0 Å². The van der Waals surface area contributed by atoms with Gasteiger partial charge < -0.3 is 24.1 Å². The van der Waals surface area contributed by atoms with E-state index in [4.69, 9.17) is 18.9 Å². The summed E-state index contributed by atoms with van der Waals surface area (Å²) in [6.45, 7) is 1.06. The van der Waals surface area contributed by atoms with E-state index in [9.17, 15) is 9.90 Å². The van der Waals surface area contributed by atoms with Gasteiger partial charge in [-0.1, -0.05) is 48.5 Å². The van der Waals surface area contributed by atoms with Gasteiger partial charge in [0.25, 0.3) is 0 Å². The summed E-state index contributed by atoms with van der Waals surface area (Å²) in [4.78, 5) is 14.1. The van der Waals surface area contributed by atoms with E-state index in [1.54, 1.807) is 21.3 Å². The maximum Gasteiger partial charge on any atom is 0.320 e. The molecule has 2 unspecified atom stereocenters. The number of methoxy groups -OCH3 is 3. The van der Waals surface area contributed by atoms with Crippen molar-refractivity contribution >= 4 is 5.97 Å². The highest BCUT2D eigenvalue weighted by atomic mass is 16.5. The molecule has 3 aromatic rings. The van der Waals surface area contributed by atoms with E-state index in [0.29, 0.717) is 42.6 Å². The lowest BCUT2D eigenvalue weighted by atomic mass is 9.94. The van der Waals surface area contributed by atoms with Gasteiger partial charge in [-0.15, -0.1) is 0 Å². The minimum Gasteiger partial charge on any atom is -0.493 e. The van der Waals surface area contributed by atoms with Crippen molar-refractivity contribution < 1.29 is 28.8 Å². The van der Waals surface area contributed by atoms with E-state index < -0.39 is 12.0 Å². The van der Waals surface area contributed by atoms with Crippen LogP contribution in [0.3, 0.4) is 0 Å². The Balaban J connectivity index is 1.76. The van der Waals surface area contributed by atoms with Gasteiger partial charge >= 0.3 is 5.97 Å². The van der Waals surface area contributed by atoms with Crippen molar-refractivity contribution in [2.45, 2.75) is 31.5 Å². The molecule has 1 N–H and O–H groups in total. The van der Waals surface area contributed by atoms with Gasteiger partial charge in [0.05, 0.1) is 27.4 Å². The van der Waals surface area contributed by atoms with Crippen LogP contribution in [0.1, 0.15) is 35.6 Å². The van der Waals surface area contributed by atoms with Crippen molar-refractivity contribution in [3.05, 3.63) is 83.4 Å². The molecule has 0 aliphatic carbocycles. The zero-order valence-electron chi connectivity index (χ0n) is 20.3. The molecular weight excluding hydrogens is 446 g/mol. The zero-order chi connectivity index (χ0) is 24.8. The van der Waals surface area contributed by atoms with E-state index in [1.165, 1.54) is 0 Å². The fraction of sp³-hybridized carbons (Fsp3) is 0.321. The number of benzene rings is 3. The van der Waals surface area contributed by atoms with E-state index in [-0.39, 0.29) is 6.04 Å². The van der Waals surface area contributed by atoms with Crippen molar-refractivity contribution in [1.82, 2.24) is 4.90 Å². The molecule has 0 bridgehead atoms. The van der Waals surface area contributed by atoms with E-state index >= 15 is 0 Å². The van der Waals surface area contributed by atoms with Crippen molar-refractivity contribution in [3.63, 3.8) is 0 Å². The lowest BCUT2D eigenvalue weighted by Crippen LogP contribution is -2.39. The molecule has 1 heterocycles. The highest BCUT2D eigenvalue weighted by Crippen LogP contribution is 2.44. The third-order valence-electron chi connectivity index (χ3n) is 6.38. The molecule has 4 rings (SSSR count). The predicted octanol–water partition coefficient (Wildman–Crippen LogP) is 4.93. The second-order valence-corrected chi connectivity index (χ2v) is 8.40. The summed E-state index contributed by atoms with van der Waals surface area (Å²) in [5.41, 5.74) is 2.77. The zero-order valence-corrected chi connectivity index (χ0v) is 20.3. The fourth-order valence-electron chi connectivity index (χ4n) is 4.75. The molecule has 7 nitrogen and oxygen atoms in total. The van der Waals surface area contributed by atoms with Crippen LogP contribution in [-0.2, 0) is 11.4 Å². The van der Waals surface area contributed by atoms with Crippen LogP contribution in [0.15, 0.2) is 66.7 Å². The third-order valence-corrected chi connectivity index (χ3v) is 6.38. The van der Waals surface area contributed by atoms with Gasteiger partial charge in [-0.3, -0.25) is 9.69 Å². The van der Waals surface area contributed by atoms with Crippen LogP contribution in [0, 0.1) is 0 Å². The van der Waals surface area contributed by atoms with Crippen molar-refractivity contribution in [2.75, 3.05) is 27.9 Å². The van der Waals surface area contributed by atoms with Crippen molar-refractivity contribution in [1.29, 1.82) is 0 Å². The standard InChI is InChI=1S/C28H31NO6/c1-32-24-13-7-11-21(27(24)34-3)26(29-16-8-12-22(29)28(30)31)20-14-15-23(25(17-20)33-2)35-18-19-9-5-4-6-10-19/h4-7,9-11,13-15,17,22,26H,8,12,16,18H2,1-3H3,(H,30,31). The maximum atomic E-state index is 12.1. The van der Waals surface area contributed by atoms with Crippen molar-refractivity contribution in [2.24, 2.45) is 0 Å². The van der Waals surface area contributed by atoms with Crippen LogP contribution in [0.5, 0.6) is 23.0 Å². The first-order valence-electron chi connectivity index (χ1n) is 11.6. The largest absolute Gasteiger partial charge is 0.493 e. The summed E-state index contributed by atoms with van der Waals surface area (Å²) in [5, 5.41) is 9.93. The normalized spacial score (nSPS) is 16.5. The number of carboxylic acid groups (broad SMARTS) is 1. The van der Waals surface area contributed by atoms with Gasteiger partial charge in [-0.05, 0) is 42.2 Å². The Morgan fingerprint density at radius 1 is 0.943 bits per heavy atom. The van der Waals surface area contributed by atoms with Gasteiger partial charge in [-0.2, -0.15) is 0 Å². The van der Waals surface area contributed by atoms with Crippen LogP contribution >= 0.6 is 0 Å². The first kappa shape index (κ1) is 24.4. The first-order chi connectivity index (χ1) is 17.1. The molecule has 2 atom stereocenters. The molecule has 0 aromatic heterocycles. The number of carbonyl (C=O) groups is 1. The fourth-order valence-corrected chi connectivity index (χ4v) is 4.75. The van der Waals surface area contributed by atoms with E-state index in [1.807, 2.05) is 71.6 Å². The minimum absolute atomic E-state index is 0.374. The molecule has 1 fully saturated rings. The average Bonchev–Trinajstić information content (AvgIpc) is 3.38. The predicted molar refractivity (Wildman–Crippen MR) is 133 cm³/mol. The Hall–Kier alpha value is -3.71. The number of nitrogens with zero attached hydrogens (tertiary/aromatic N) is 1. The number of aliphatic carboxylic acids is 1. The number of ether oxygens (including phenoxy) is 4. The molecule has 3 aromatic carbocycles. The Morgan fingerprint density at radius 2 is 1.71 bits per heavy atom. The number of hydrogen-bond donors (Lipinski definition) is 1. The first-order valence-corrected chi connectivity index (χ1v) is 11.6. The molecular formula is C28H31NO6. The Bertz CT molecular complexity index is 1150. The van der Waals surface area contributed by atoms with Crippen LogP contribution in [-0.4, -0.2) is 49.9 Å². The second kappa shape index (κ2) is 11.1. The summed E-state index contributed by atoms with van der Waals surface area (Å²) in [6.07, 6.45) is 1.39. The summed E-state index contributed by atoms with van der Waals surface area (Å²) in [7, 11) is 4.79. The number of likely N-dealkylation sites (tertiary alicyclic amines) is 1. The van der Waals surface area contributed by atoms with Gasteiger partial charge in [-0.25, -0.2) is 0 Å². The topological polar surface area (TPSA) is 77.5 Å². The molecule has 184 valence electrons. The van der Waals surface area contributed by atoms with Crippen LogP contribution < -0.4 is 18.9 Å². The van der Waals surface area contributed by atoms with Crippen LogP contribution in [0.2, 0.25) is 0 Å². The Kier molecular flexibility index (Phi) is 7.77.